The first kappa shape index (κ1) is 19.6. The van der Waals surface area contributed by atoms with Crippen molar-refractivity contribution in [2.24, 2.45) is 0 Å². The van der Waals surface area contributed by atoms with Crippen molar-refractivity contribution >= 4 is 12.0 Å². The van der Waals surface area contributed by atoms with Crippen LogP contribution in [0.4, 0.5) is 4.79 Å². The Hall–Kier alpha value is -2.70. The van der Waals surface area contributed by atoms with E-state index in [-0.39, 0.29) is 12.6 Å². The minimum Gasteiger partial charge on any atom is -0.493 e. The standard InChI is InChI=1S/C19H26N2O5/c1-5-10-26-14-9-8-12(11-15(14)24-4)17-16(18(22)25-7-3)13(6-2)20-19(23)21-17/h8-9,11,17H,5-7,10H2,1-4H3,(H2,20,21,23). The van der Waals surface area contributed by atoms with Gasteiger partial charge in [0.05, 0.1) is 31.9 Å². The molecule has 0 radical (unpaired) electrons. The van der Waals surface area contributed by atoms with E-state index in [4.69, 9.17) is 14.2 Å². The Bertz CT molecular complexity index is 699. The Balaban J connectivity index is 2.45. The normalized spacial score (nSPS) is 16.6. The molecule has 2 rings (SSSR count). The third kappa shape index (κ3) is 4.28. The fraction of sp³-hybridized carbons (Fsp3) is 0.474. The van der Waals surface area contributed by atoms with Crippen LogP contribution < -0.4 is 20.1 Å². The van der Waals surface area contributed by atoms with Crippen LogP contribution in [0.25, 0.3) is 0 Å². The lowest BCUT2D eigenvalue weighted by atomic mass is 9.94. The summed E-state index contributed by atoms with van der Waals surface area (Å²) in [6.07, 6.45) is 1.39. The van der Waals surface area contributed by atoms with Crippen LogP contribution in [0, 0.1) is 0 Å². The van der Waals surface area contributed by atoms with Crippen LogP contribution >= 0.6 is 0 Å². The van der Waals surface area contributed by atoms with Gasteiger partial charge in [0, 0.05) is 5.70 Å². The van der Waals surface area contributed by atoms with Gasteiger partial charge in [0.25, 0.3) is 0 Å². The maximum atomic E-state index is 12.5. The predicted octanol–water partition coefficient (Wildman–Crippen LogP) is 3.07. The molecule has 0 spiro atoms. The van der Waals surface area contributed by atoms with Crippen molar-refractivity contribution in [1.82, 2.24) is 10.6 Å². The fourth-order valence-electron chi connectivity index (χ4n) is 2.79. The van der Waals surface area contributed by atoms with Crippen LogP contribution in [0.2, 0.25) is 0 Å². The third-order valence-electron chi connectivity index (χ3n) is 3.99. The van der Waals surface area contributed by atoms with Gasteiger partial charge >= 0.3 is 12.0 Å². The summed E-state index contributed by atoms with van der Waals surface area (Å²) in [6.45, 7) is 6.48. The van der Waals surface area contributed by atoms with Crippen LogP contribution in [0.3, 0.4) is 0 Å². The number of methoxy groups -OCH3 is 1. The molecule has 1 heterocycles. The van der Waals surface area contributed by atoms with Crippen molar-refractivity contribution in [3.05, 3.63) is 35.0 Å². The number of carbonyl (C=O) groups is 2. The van der Waals surface area contributed by atoms with E-state index in [9.17, 15) is 9.59 Å². The largest absolute Gasteiger partial charge is 0.493 e. The first-order valence-corrected chi connectivity index (χ1v) is 8.84. The highest BCUT2D eigenvalue weighted by Crippen LogP contribution is 2.35. The molecule has 0 aromatic heterocycles. The zero-order chi connectivity index (χ0) is 19.1. The van der Waals surface area contributed by atoms with Crippen molar-refractivity contribution in [2.75, 3.05) is 20.3 Å². The Morgan fingerprint density at radius 3 is 2.58 bits per heavy atom. The van der Waals surface area contributed by atoms with E-state index in [0.29, 0.717) is 35.8 Å². The fourth-order valence-corrected chi connectivity index (χ4v) is 2.79. The number of esters is 1. The molecule has 142 valence electrons. The summed E-state index contributed by atoms with van der Waals surface area (Å²) in [5.74, 6) is 0.716. The summed E-state index contributed by atoms with van der Waals surface area (Å²) in [5.41, 5.74) is 1.68. The lowest BCUT2D eigenvalue weighted by molar-refractivity contribution is -0.139. The number of ether oxygens (including phenoxy) is 3. The van der Waals surface area contributed by atoms with Crippen molar-refractivity contribution < 1.29 is 23.8 Å². The van der Waals surface area contributed by atoms with E-state index >= 15 is 0 Å². The second kappa shape index (κ2) is 9.12. The molecule has 0 bridgehead atoms. The lowest BCUT2D eigenvalue weighted by Crippen LogP contribution is -2.45. The topological polar surface area (TPSA) is 85.9 Å². The van der Waals surface area contributed by atoms with Gasteiger partial charge in [-0.3, -0.25) is 0 Å². The van der Waals surface area contributed by atoms with Crippen LogP contribution in [0.5, 0.6) is 11.5 Å². The van der Waals surface area contributed by atoms with E-state index in [2.05, 4.69) is 10.6 Å². The Morgan fingerprint density at radius 2 is 1.96 bits per heavy atom. The van der Waals surface area contributed by atoms with E-state index in [1.807, 2.05) is 19.9 Å². The number of allylic oxidation sites excluding steroid dienone is 1. The second-order valence-electron chi connectivity index (χ2n) is 5.76. The molecule has 1 aliphatic heterocycles. The monoisotopic (exact) mass is 362 g/mol. The first-order chi connectivity index (χ1) is 12.5. The van der Waals surface area contributed by atoms with Gasteiger partial charge in [-0.1, -0.05) is 19.9 Å². The highest BCUT2D eigenvalue weighted by molar-refractivity contribution is 5.95. The maximum Gasteiger partial charge on any atom is 0.338 e. The van der Waals surface area contributed by atoms with Crippen LogP contribution in [-0.2, 0) is 9.53 Å². The Labute approximate surface area is 153 Å². The quantitative estimate of drug-likeness (QED) is 0.694. The van der Waals surface area contributed by atoms with E-state index < -0.39 is 12.0 Å². The summed E-state index contributed by atoms with van der Waals surface area (Å²) >= 11 is 0. The number of hydrogen-bond donors (Lipinski definition) is 2. The number of amides is 2. The molecule has 0 aliphatic carbocycles. The summed E-state index contributed by atoms with van der Waals surface area (Å²) in [6, 6.07) is 4.40. The number of hydrogen-bond acceptors (Lipinski definition) is 5. The zero-order valence-corrected chi connectivity index (χ0v) is 15.7. The molecule has 1 aliphatic rings. The molecular weight excluding hydrogens is 336 g/mol. The SMILES string of the molecule is CCCOc1ccc(C2NC(=O)NC(CC)=C2C(=O)OCC)cc1OC. The van der Waals surface area contributed by atoms with Gasteiger partial charge in [-0.15, -0.1) is 0 Å². The molecule has 1 aromatic carbocycles. The maximum absolute atomic E-state index is 12.5. The average molecular weight is 362 g/mol. The number of benzene rings is 1. The summed E-state index contributed by atoms with van der Waals surface area (Å²) in [5, 5.41) is 5.49. The molecule has 7 nitrogen and oxygen atoms in total. The average Bonchev–Trinajstić information content (AvgIpc) is 2.65. The highest BCUT2D eigenvalue weighted by atomic mass is 16.5. The molecule has 1 unspecified atom stereocenters. The van der Waals surface area contributed by atoms with Crippen molar-refractivity contribution in [2.45, 2.75) is 39.7 Å². The minimum atomic E-state index is -0.619. The van der Waals surface area contributed by atoms with Gasteiger partial charge in [-0.05, 0) is 37.5 Å². The number of carbonyl (C=O) groups excluding carboxylic acids is 2. The van der Waals surface area contributed by atoms with Gasteiger partial charge in [0.2, 0.25) is 0 Å². The van der Waals surface area contributed by atoms with E-state index in [1.165, 1.54) is 0 Å². The third-order valence-corrected chi connectivity index (χ3v) is 3.99. The number of nitrogens with one attached hydrogen (secondary N) is 2. The number of urea groups is 1. The van der Waals surface area contributed by atoms with E-state index in [1.54, 1.807) is 26.2 Å². The molecule has 0 fully saturated rings. The summed E-state index contributed by atoms with van der Waals surface area (Å²) in [7, 11) is 1.55. The molecule has 2 amide bonds. The van der Waals surface area contributed by atoms with Gasteiger partial charge < -0.3 is 24.8 Å². The summed E-state index contributed by atoms with van der Waals surface area (Å²) in [4.78, 5) is 24.5. The van der Waals surface area contributed by atoms with Crippen LogP contribution in [-0.4, -0.2) is 32.3 Å². The second-order valence-corrected chi connectivity index (χ2v) is 5.76. The molecule has 26 heavy (non-hydrogen) atoms. The summed E-state index contributed by atoms with van der Waals surface area (Å²) < 4.78 is 16.3. The van der Waals surface area contributed by atoms with Crippen LogP contribution in [0.15, 0.2) is 29.5 Å². The van der Waals surface area contributed by atoms with Gasteiger partial charge in [-0.2, -0.15) is 0 Å². The molecule has 1 atom stereocenters. The highest BCUT2D eigenvalue weighted by Gasteiger charge is 2.33. The molecule has 7 heteroatoms. The molecule has 1 aromatic rings. The van der Waals surface area contributed by atoms with Crippen molar-refractivity contribution in [3.8, 4) is 11.5 Å². The van der Waals surface area contributed by atoms with Gasteiger partial charge in [0.15, 0.2) is 11.5 Å². The van der Waals surface area contributed by atoms with Crippen molar-refractivity contribution in [1.29, 1.82) is 0 Å². The predicted molar refractivity (Wildman–Crippen MR) is 97.1 cm³/mol. The molecular formula is C19H26N2O5. The zero-order valence-electron chi connectivity index (χ0n) is 15.7. The lowest BCUT2D eigenvalue weighted by Gasteiger charge is -2.29. The molecule has 0 saturated carbocycles. The molecule has 2 N–H and O–H groups in total. The Morgan fingerprint density at radius 1 is 1.19 bits per heavy atom. The Kier molecular flexibility index (Phi) is 6.89. The number of rotatable bonds is 8. The molecule has 0 saturated heterocycles. The van der Waals surface area contributed by atoms with Crippen molar-refractivity contribution in [3.63, 3.8) is 0 Å². The van der Waals surface area contributed by atoms with Crippen LogP contribution in [0.1, 0.15) is 45.2 Å². The minimum absolute atomic E-state index is 0.257. The van der Waals surface area contributed by atoms with E-state index in [0.717, 1.165) is 12.0 Å². The van der Waals surface area contributed by atoms with Gasteiger partial charge in [0.1, 0.15) is 0 Å². The van der Waals surface area contributed by atoms with Gasteiger partial charge in [-0.25, -0.2) is 9.59 Å². The first-order valence-electron chi connectivity index (χ1n) is 8.84. The smallest absolute Gasteiger partial charge is 0.338 e.